The minimum absolute atomic E-state index is 0.152. The highest BCUT2D eigenvalue weighted by Gasteiger charge is 2.35. The Labute approximate surface area is 205 Å². The van der Waals surface area contributed by atoms with Crippen LogP contribution in [0.3, 0.4) is 0 Å². The van der Waals surface area contributed by atoms with Gasteiger partial charge in [0.2, 0.25) is 5.91 Å². The Hall–Kier alpha value is -2.26. The number of benzene rings is 1. The van der Waals surface area contributed by atoms with Crippen LogP contribution in [0.15, 0.2) is 30.6 Å². The molecule has 2 unspecified atom stereocenters. The minimum Gasteiger partial charge on any atom is -0.387 e. The van der Waals surface area contributed by atoms with Gasteiger partial charge >= 0.3 is 0 Å². The molecule has 2 aromatic rings. The molecular weight excluding hydrogens is 452 g/mol. The lowest BCUT2D eigenvalue weighted by atomic mass is 9.96. The smallest absolute Gasteiger partial charge is 0.231 e. The normalized spacial score (nSPS) is 26.1. The highest BCUT2D eigenvalue weighted by Crippen LogP contribution is 2.42. The number of amides is 1. The van der Waals surface area contributed by atoms with Crippen LogP contribution in [0.4, 0.5) is 5.82 Å². The van der Waals surface area contributed by atoms with Gasteiger partial charge in [-0.1, -0.05) is 30.7 Å². The highest BCUT2D eigenvalue weighted by molar-refractivity contribution is 6.30. The van der Waals surface area contributed by atoms with Crippen molar-refractivity contribution in [3.8, 4) is 0 Å². The maximum Gasteiger partial charge on any atom is 0.231 e. The van der Waals surface area contributed by atoms with Gasteiger partial charge in [0.15, 0.2) is 0 Å². The van der Waals surface area contributed by atoms with Crippen molar-refractivity contribution in [3.63, 3.8) is 0 Å². The van der Waals surface area contributed by atoms with Gasteiger partial charge in [0.1, 0.15) is 12.1 Å². The number of piperazine rings is 1. The second-order valence-corrected chi connectivity index (χ2v) is 10.3. The number of anilines is 1. The van der Waals surface area contributed by atoms with Crippen molar-refractivity contribution in [3.05, 3.63) is 52.4 Å². The first-order chi connectivity index (χ1) is 16.4. The molecule has 0 spiro atoms. The zero-order valence-corrected chi connectivity index (χ0v) is 20.4. The van der Waals surface area contributed by atoms with Crippen molar-refractivity contribution in [2.75, 3.05) is 50.7 Å². The number of carbonyl (C=O) groups is 1. The van der Waals surface area contributed by atoms with Crippen molar-refractivity contribution >= 4 is 23.3 Å². The lowest BCUT2D eigenvalue weighted by Crippen LogP contribution is -2.51. The Balaban J connectivity index is 1.30. The number of halogens is 1. The van der Waals surface area contributed by atoms with Crippen molar-refractivity contribution < 1.29 is 9.90 Å². The molecule has 1 amide bonds. The van der Waals surface area contributed by atoms with Crippen LogP contribution in [0.5, 0.6) is 0 Å². The van der Waals surface area contributed by atoms with Gasteiger partial charge in [0.05, 0.1) is 17.7 Å². The van der Waals surface area contributed by atoms with E-state index in [0.717, 1.165) is 42.1 Å². The lowest BCUT2D eigenvalue weighted by molar-refractivity contribution is -0.133. The average molecular weight is 485 g/mol. The third-order valence-corrected chi connectivity index (χ3v) is 7.74. The fourth-order valence-electron chi connectivity index (χ4n) is 5.62. The molecule has 182 valence electrons. The predicted molar refractivity (Wildman–Crippen MR) is 132 cm³/mol. The summed E-state index contributed by atoms with van der Waals surface area (Å²) < 4.78 is 0. The van der Waals surface area contributed by atoms with Gasteiger partial charge < -0.3 is 25.5 Å². The van der Waals surface area contributed by atoms with Crippen LogP contribution >= 0.6 is 11.6 Å². The molecule has 2 saturated heterocycles. The molecule has 8 nitrogen and oxygen atoms in total. The largest absolute Gasteiger partial charge is 0.387 e. The summed E-state index contributed by atoms with van der Waals surface area (Å²) in [5.41, 5.74) is 8.92. The molecule has 1 aliphatic carbocycles. The SMILES string of the molecule is C[C@@H]1C[C@@H](O)c2ncnc(N3CCN(C(=O)C(CN4CCC(N)C4)c4ccc(Cl)cc4)CC3)c21. The molecule has 0 bridgehead atoms. The fraction of sp³-hybridized carbons (Fsp3) is 0.560. The summed E-state index contributed by atoms with van der Waals surface area (Å²) in [5.74, 6) is 1.04. The quantitative estimate of drug-likeness (QED) is 0.670. The van der Waals surface area contributed by atoms with E-state index in [4.69, 9.17) is 17.3 Å². The van der Waals surface area contributed by atoms with Crippen LogP contribution < -0.4 is 10.6 Å². The van der Waals surface area contributed by atoms with E-state index >= 15 is 0 Å². The molecule has 3 aliphatic rings. The molecule has 5 rings (SSSR count). The summed E-state index contributed by atoms with van der Waals surface area (Å²) in [7, 11) is 0. The second kappa shape index (κ2) is 9.77. The van der Waals surface area contributed by atoms with Gasteiger partial charge in [0, 0.05) is 55.9 Å². The zero-order chi connectivity index (χ0) is 23.8. The van der Waals surface area contributed by atoms with Crippen LogP contribution in [-0.4, -0.2) is 82.6 Å². The molecule has 0 radical (unpaired) electrons. The van der Waals surface area contributed by atoms with E-state index in [0.29, 0.717) is 44.2 Å². The third kappa shape index (κ3) is 4.64. The van der Waals surface area contributed by atoms with Crippen LogP contribution in [0.25, 0.3) is 0 Å². The topological polar surface area (TPSA) is 98.8 Å². The molecule has 2 aliphatic heterocycles. The number of rotatable bonds is 5. The summed E-state index contributed by atoms with van der Waals surface area (Å²) in [6.07, 6.45) is 2.68. The number of aromatic nitrogens is 2. The molecule has 9 heteroatoms. The van der Waals surface area contributed by atoms with E-state index in [2.05, 4.69) is 26.7 Å². The molecule has 1 aromatic heterocycles. The number of carbonyl (C=O) groups excluding carboxylic acids is 1. The van der Waals surface area contributed by atoms with E-state index in [1.807, 2.05) is 29.2 Å². The van der Waals surface area contributed by atoms with Crippen LogP contribution in [0, 0.1) is 0 Å². The number of aliphatic hydroxyl groups excluding tert-OH is 1. The monoisotopic (exact) mass is 484 g/mol. The summed E-state index contributed by atoms with van der Waals surface area (Å²) in [6.45, 7) is 7.23. The van der Waals surface area contributed by atoms with Gasteiger partial charge in [-0.15, -0.1) is 0 Å². The van der Waals surface area contributed by atoms with Crippen molar-refractivity contribution in [1.82, 2.24) is 19.8 Å². The predicted octanol–water partition coefficient (Wildman–Crippen LogP) is 2.14. The van der Waals surface area contributed by atoms with E-state index < -0.39 is 6.10 Å². The first-order valence-corrected chi connectivity index (χ1v) is 12.6. The first kappa shape index (κ1) is 23.5. The van der Waals surface area contributed by atoms with Crippen LogP contribution in [0.1, 0.15) is 54.5 Å². The zero-order valence-electron chi connectivity index (χ0n) is 19.6. The van der Waals surface area contributed by atoms with Gasteiger partial charge in [-0.25, -0.2) is 9.97 Å². The Bertz CT molecular complexity index is 1030. The number of fused-ring (bicyclic) bond motifs is 1. The highest BCUT2D eigenvalue weighted by atomic mass is 35.5. The number of nitrogens with two attached hydrogens (primary N) is 1. The van der Waals surface area contributed by atoms with Gasteiger partial charge in [-0.2, -0.15) is 0 Å². The standard InChI is InChI=1S/C25H33ClN6O2/c1-16-12-21(33)23-22(16)24(29-15-28-23)31-8-10-32(11-9-31)25(34)20(14-30-7-6-19(27)13-30)17-2-4-18(26)5-3-17/h2-5,15-16,19-21,33H,6-14,27H2,1H3/t16-,19?,20?,21-/m1/s1. The Morgan fingerprint density at radius 3 is 2.59 bits per heavy atom. The van der Waals surface area contributed by atoms with Gasteiger partial charge in [-0.05, 0) is 43.0 Å². The number of aliphatic hydroxyl groups is 1. The number of nitrogens with zero attached hydrogens (tertiary/aromatic N) is 5. The van der Waals surface area contributed by atoms with Gasteiger partial charge in [-0.3, -0.25) is 4.79 Å². The molecule has 3 heterocycles. The number of hydrogen-bond acceptors (Lipinski definition) is 7. The minimum atomic E-state index is -0.520. The Kier molecular flexibility index (Phi) is 6.75. The van der Waals surface area contributed by atoms with Crippen molar-refractivity contribution in [2.24, 2.45) is 5.73 Å². The maximum atomic E-state index is 13.7. The van der Waals surface area contributed by atoms with Crippen molar-refractivity contribution in [1.29, 1.82) is 0 Å². The fourth-order valence-corrected chi connectivity index (χ4v) is 5.75. The third-order valence-electron chi connectivity index (χ3n) is 7.49. The average Bonchev–Trinajstić information content (AvgIpc) is 3.39. The summed E-state index contributed by atoms with van der Waals surface area (Å²) in [6, 6.07) is 7.83. The number of hydrogen-bond donors (Lipinski definition) is 2. The summed E-state index contributed by atoms with van der Waals surface area (Å²) in [4.78, 5) is 29.1. The van der Waals surface area contributed by atoms with Crippen molar-refractivity contribution in [2.45, 2.75) is 43.7 Å². The first-order valence-electron chi connectivity index (χ1n) is 12.2. The second-order valence-electron chi connectivity index (χ2n) is 9.87. The van der Waals surface area contributed by atoms with E-state index in [1.165, 1.54) is 0 Å². The molecule has 1 aromatic carbocycles. The molecule has 34 heavy (non-hydrogen) atoms. The van der Waals surface area contributed by atoms with E-state index in [9.17, 15) is 9.90 Å². The molecule has 0 saturated carbocycles. The summed E-state index contributed by atoms with van der Waals surface area (Å²) >= 11 is 6.11. The van der Waals surface area contributed by atoms with Crippen LogP contribution in [0.2, 0.25) is 5.02 Å². The van der Waals surface area contributed by atoms with Crippen LogP contribution in [-0.2, 0) is 4.79 Å². The molecular formula is C25H33ClN6O2. The maximum absolute atomic E-state index is 13.7. The van der Waals surface area contributed by atoms with E-state index in [1.54, 1.807) is 6.33 Å². The molecule has 4 atom stereocenters. The Morgan fingerprint density at radius 2 is 1.91 bits per heavy atom. The summed E-state index contributed by atoms with van der Waals surface area (Å²) in [5, 5.41) is 11.0. The molecule has 3 N–H and O–H groups in total. The molecule has 2 fully saturated rings. The Morgan fingerprint density at radius 1 is 1.18 bits per heavy atom. The number of likely N-dealkylation sites (tertiary alicyclic amines) is 1. The van der Waals surface area contributed by atoms with E-state index in [-0.39, 0.29) is 23.8 Å². The lowest BCUT2D eigenvalue weighted by Gasteiger charge is -2.38. The van der Waals surface area contributed by atoms with Gasteiger partial charge in [0.25, 0.3) is 0 Å².